The number of amides is 1. The Hall–Kier alpha value is -1.55. The van der Waals surface area contributed by atoms with Crippen molar-refractivity contribution in [3.8, 4) is 0 Å². The summed E-state index contributed by atoms with van der Waals surface area (Å²) in [7, 11) is 0. The van der Waals surface area contributed by atoms with Crippen LogP contribution in [0.5, 0.6) is 0 Å². The Morgan fingerprint density at radius 2 is 2.06 bits per heavy atom. The van der Waals surface area contributed by atoms with Crippen molar-refractivity contribution in [3.63, 3.8) is 0 Å². The topological polar surface area (TPSA) is 46.5 Å². The van der Waals surface area contributed by atoms with Gasteiger partial charge in [-0.05, 0) is 41.5 Å². The normalized spacial score (nSPS) is 11.1. The van der Waals surface area contributed by atoms with Gasteiger partial charge in [-0.2, -0.15) is 0 Å². The summed E-state index contributed by atoms with van der Waals surface area (Å²) >= 11 is 1.33. The third kappa shape index (κ3) is 2.00. The van der Waals surface area contributed by atoms with Gasteiger partial charge in [-0.1, -0.05) is 19.9 Å². The molecule has 2 aromatic rings. The number of hydrogen-bond donors (Lipinski definition) is 0. The Kier molecular flexibility index (Phi) is 3.07. The van der Waals surface area contributed by atoms with Crippen LogP contribution >= 0.6 is 11.3 Å². The Labute approximate surface area is 103 Å². The number of aryl methyl sites for hydroxylation is 1. The van der Waals surface area contributed by atoms with Crippen LogP contribution in [0, 0.1) is 11.8 Å². The average Bonchev–Trinajstić information content (AvgIpc) is 2.65. The van der Waals surface area contributed by atoms with E-state index >= 15 is 0 Å². The molecule has 0 aliphatic carbocycles. The van der Waals surface area contributed by atoms with Crippen LogP contribution in [0.2, 0.25) is 0 Å². The van der Waals surface area contributed by atoms with Gasteiger partial charge in [0.25, 0.3) is 0 Å². The van der Waals surface area contributed by atoms with Gasteiger partial charge in [0.05, 0.1) is 0 Å². The molecule has 2 rings (SSSR count). The minimum Gasteiger partial charge on any atom is -0.262 e. The van der Waals surface area contributed by atoms with Gasteiger partial charge in [0.1, 0.15) is 4.88 Å². The van der Waals surface area contributed by atoms with E-state index in [1.807, 2.05) is 13.0 Å². The third-order valence-corrected chi connectivity index (χ3v) is 4.16. The summed E-state index contributed by atoms with van der Waals surface area (Å²) in [5, 5.41) is 3.54. The first-order valence-corrected chi connectivity index (χ1v) is 6.27. The quantitative estimate of drug-likeness (QED) is 0.745. The Bertz CT molecular complexity index is 599. The summed E-state index contributed by atoms with van der Waals surface area (Å²) < 4.78 is 1.03. The maximum Gasteiger partial charge on any atom is 0.326 e. The minimum atomic E-state index is -0.671. The van der Waals surface area contributed by atoms with Crippen molar-refractivity contribution in [2.24, 2.45) is 5.18 Å². The summed E-state index contributed by atoms with van der Waals surface area (Å²) in [5.41, 5.74) is 2.09. The highest BCUT2D eigenvalue weighted by atomic mass is 32.1. The molecule has 3 nitrogen and oxygen atoms in total. The van der Waals surface area contributed by atoms with Gasteiger partial charge in [-0.25, -0.2) is 0 Å². The molecule has 88 valence electrons. The lowest BCUT2D eigenvalue weighted by atomic mass is 10.0. The predicted octanol–water partition coefficient (Wildman–Crippen LogP) is 4.24. The van der Waals surface area contributed by atoms with Crippen molar-refractivity contribution in [3.05, 3.63) is 39.1 Å². The molecule has 0 bridgehead atoms. The number of benzene rings is 1. The number of nitroso groups, excluding NO2 is 1. The van der Waals surface area contributed by atoms with Crippen LogP contribution in [0.3, 0.4) is 0 Å². The van der Waals surface area contributed by atoms with Crippen LogP contribution in [0.15, 0.2) is 23.4 Å². The first-order chi connectivity index (χ1) is 8.04. The lowest BCUT2D eigenvalue weighted by Gasteiger charge is -2.04. The molecule has 0 unspecified atom stereocenters. The van der Waals surface area contributed by atoms with Crippen LogP contribution in [-0.2, 0) is 0 Å². The van der Waals surface area contributed by atoms with Crippen molar-refractivity contribution in [1.29, 1.82) is 0 Å². The van der Waals surface area contributed by atoms with Gasteiger partial charge in [0.15, 0.2) is 0 Å². The zero-order chi connectivity index (χ0) is 12.6. The van der Waals surface area contributed by atoms with Gasteiger partial charge in [0.2, 0.25) is 0 Å². The lowest BCUT2D eigenvalue weighted by Crippen LogP contribution is -1.91. The molecule has 0 saturated heterocycles. The van der Waals surface area contributed by atoms with E-state index in [9.17, 15) is 9.70 Å². The van der Waals surface area contributed by atoms with Crippen LogP contribution < -0.4 is 0 Å². The molecule has 0 saturated carbocycles. The molecule has 0 spiro atoms. The fraction of sp³-hybridized carbons (Fsp3) is 0.308. The molecule has 0 radical (unpaired) electrons. The smallest absolute Gasteiger partial charge is 0.262 e. The Balaban J connectivity index is 2.66. The highest BCUT2D eigenvalue weighted by Gasteiger charge is 2.16. The zero-order valence-electron chi connectivity index (χ0n) is 9.98. The highest BCUT2D eigenvalue weighted by Crippen LogP contribution is 2.33. The number of carbonyl (C=O) groups is 1. The first-order valence-electron chi connectivity index (χ1n) is 5.45. The molecule has 1 aromatic carbocycles. The van der Waals surface area contributed by atoms with Crippen LogP contribution in [0.25, 0.3) is 10.1 Å². The second-order valence-corrected chi connectivity index (χ2v) is 5.42. The fourth-order valence-corrected chi connectivity index (χ4v) is 2.91. The predicted molar refractivity (Wildman–Crippen MR) is 70.8 cm³/mol. The standard InChI is InChI=1S/C13H13NO2S/c1-7(2)9-4-5-11-10(6-9)8(3)12(17-11)13(15)14-16/h4-7H,1-3H3. The Morgan fingerprint density at radius 3 is 2.65 bits per heavy atom. The van der Waals surface area contributed by atoms with E-state index < -0.39 is 5.91 Å². The molecule has 0 aliphatic rings. The van der Waals surface area contributed by atoms with Crippen LogP contribution in [-0.4, -0.2) is 5.91 Å². The van der Waals surface area contributed by atoms with E-state index in [4.69, 9.17) is 0 Å². The fourth-order valence-electron chi connectivity index (χ4n) is 1.84. The maximum absolute atomic E-state index is 11.4. The molecule has 0 aliphatic heterocycles. The molecular weight excluding hydrogens is 234 g/mol. The van der Waals surface area contributed by atoms with Gasteiger partial charge >= 0.3 is 5.91 Å². The zero-order valence-corrected chi connectivity index (χ0v) is 10.8. The summed E-state index contributed by atoms with van der Waals surface area (Å²) in [6.07, 6.45) is 0. The monoisotopic (exact) mass is 247 g/mol. The van der Waals surface area contributed by atoms with Gasteiger partial charge in [0, 0.05) is 9.88 Å². The van der Waals surface area contributed by atoms with E-state index in [2.05, 4.69) is 31.2 Å². The van der Waals surface area contributed by atoms with Crippen molar-refractivity contribution in [2.45, 2.75) is 26.7 Å². The largest absolute Gasteiger partial charge is 0.326 e. The van der Waals surface area contributed by atoms with E-state index in [0.717, 1.165) is 15.6 Å². The lowest BCUT2D eigenvalue weighted by molar-refractivity contribution is 0.100. The molecular formula is C13H13NO2S. The summed E-state index contributed by atoms with van der Waals surface area (Å²) in [4.78, 5) is 22.1. The second-order valence-electron chi connectivity index (χ2n) is 4.36. The van der Waals surface area contributed by atoms with Crippen LogP contribution in [0.4, 0.5) is 0 Å². The second kappa shape index (κ2) is 4.37. The molecule has 0 fully saturated rings. The van der Waals surface area contributed by atoms with E-state index in [1.54, 1.807) is 0 Å². The molecule has 0 atom stereocenters. The van der Waals surface area contributed by atoms with Gasteiger partial charge in [-0.3, -0.25) is 4.79 Å². The number of thiophene rings is 1. The van der Waals surface area contributed by atoms with E-state index in [-0.39, 0.29) is 0 Å². The molecule has 0 N–H and O–H groups in total. The number of rotatable bonds is 2. The molecule has 1 aromatic heterocycles. The number of hydrogen-bond acceptors (Lipinski definition) is 3. The minimum absolute atomic E-state index is 0.446. The SMILES string of the molecule is Cc1c(C(=O)N=O)sc2ccc(C(C)C)cc12. The van der Waals surface area contributed by atoms with Gasteiger partial charge in [-0.15, -0.1) is 16.2 Å². The maximum atomic E-state index is 11.4. The van der Waals surface area contributed by atoms with Crippen molar-refractivity contribution in [2.75, 3.05) is 0 Å². The molecule has 4 heteroatoms. The average molecular weight is 247 g/mol. The number of carbonyl (C=O) groups excluding carboxylic acids is 1. The van der Waals surface area contributed by atoms with Crippen molar-refractivity contribution >= 4 is 27.3 Å². The number of nitrogens with zero attached hydrogens (tertiary/aromatic N) is 1. The van der Waals surface area contributed by atoms with E-state index in [1.165, 1.54) is 16.9 Å². The Morgan fingerprint density at radius 1 is 1.35 bits per heavy atom. The molecule has 1 amide bonds. The molecule has 17 heavy (non-hydrogen) atoms. The number of fused-ring (bicyclic) bond motifs is 1. The third-order valence-electron chi connectivity index (χ3n) is 2.90. The van der Waals surface area contributed by atoms with Crippen LogP contribution in [0.1, 0.15) is 40.6 Å². The summed E-state index contributed by atoms with van der Waals surface area (Å²) in [6, 6.07) is 6.16. The first kappa shape index (κ1) is 11.9. The van der Waals surface area contributed by atoms with Gasteiger partial charge < -0.3 is 0 Å². The summed E-state index contributed by atoms with van der Waals surface area (Å²) in [6.45, 7) is 6.12. The van der Waals surface area contributed by atoms with E-state index in [0.29, 0.717) is 10.8 Å². The van der Waals surface area contributed by atoms with Crippen molar-refractivity contribution in [1.82, 2.24) is 0 Å². The van der Waals surface area contributed by atoms with Crippen molar-refractivity contribution < 1.29 is 4.79 Å². The summed E-state index contributed by atoms with van der Waals surface area (Å²) in [5.74, 6) is -0.225. The molecule has 1 heterocycles. The highest BCUT2D eigenvalue weighted by molar-refractivity contribution is 7.21.